The molecule has 222 valence electrons. The van der Waals surface area contributed by atoms with Gasteiger partial charge in [-0.2, -0.15) is 13.2 Å². The number of amides is 2. The average molecular weight is 572 g/mol. The summed E-state index contributed by atoms with van der Waals surface area (Å²) >= 11 is 0. The molecule has 1 aromatic carbocycles. The van der Waals surface area contributed by atoms with Gasteiger partial charge in [0.05, 0.1) is 6.61 Å². The summed E-state index contributed by atoms with van der Waals surface area (Å²) in [6, 6.07) is 5.09. The Morgan fingerprint density at radius 1 is 1.10 bits per heavy atom. The lowest BCUT2D eigenvalue weighted by molar-refractivity contribution is -0.141. The Balaban J connectivity index is 0.00000274. The van der Waals surface area contributed by atoms with Gasteiger partial charge in [0.15, 0.2) is 0 Å². The second-order valence-corrected chi connectivity index (χ2v) is 9.79. The number of likely N-dealkylation sites (tertiary alicyclic amines) is 1. The van der Waals surface area contributed by atoms with Gasteiger partial charge in [0.25, 0.3) is 0 Å². The molecule has 3 rings (SSSR count). The Kier molecular flexibility index (Phi) is 11.7. The first-order chi connectivity index (χ1) is 18.8. The molecule has 12 heteroatoms. The lowest BCUT2D eigenvalue weighted by atomic mass is 10.0. The first-order valence-corrected chi connectivity index (χ1v) is 13.1. The van der Waals surface area contributed by atoms with Crippen molar-refractivity contribution < 1.29 is 41.4 Å². The van der Waals surface area contributed by atoms with Gasteiger partial charge < -0.3 is 19.5 Å². The number of rotatable bonds is 8. The van der Waals surface area contributed by atoms with Gasteiger partial charge >= 0.3 is 12.3 Å². The number of carbonyl (C=O) groups is 2. The molecule has 1 aliphatic rings. The lowest BCUT2D eigenvalue weighted by Gasteiger charge is -2.28. The molecule has 0 radical (unpaired) electrons. The highest BCUT2D eigenvalue weighted by Gasteiger charge is 2.36. The topological polar surface area (TPSA) is 90.0 Å². The van der Waals surface area contributed by atoms with Crippen molar-refractivity contribution in [3.05, 3.63) is 47.4 Å². The van der Waals surface area contributed by atoms with E-state index in [1.807, 2.05) is 13.8 Å². The number of benzene rings is 1. The van der Waals surface area contributed by atoms with Gasteiger partial charge in [-0.3, -0.25) is 9.69 Å². The van der Waals surface area contributed by atoms with E-state index in [2.05, 4.69) is 10.3 Å². The van der Waals surface area contributed by atoms with Crippen LogP contribution in [0.1, 0.15) is 58.7 Å². The van der Waals surface area contributed by atoms with Crippen LogP contribution in [0.2, 0.25) is 0 Å². The zero-order valence-corrected chi connectivity index (χ0v) is 23.7. The number of aromatic nitrogens is 1. The van der Waals surface area contributed by atoms with E-state index in [4.69, 9.17) is 14.2 Å². The number of alkyl halides is 3. The molecule has 1 aliphatic heterocycles. The van der Waals surface area contributed by atoms with Gasteiger partial charge in [0.1, 0.15) is 29.8 Å². The van der Waals surface area contributed by atoms with Gasteiger partial charge in [-0.05, 0) is 75.1 Å². The van der Waals surface area contributed by atoms with Crippen LogP contribution in [0.3, 0.4) is 0 Å². The van der Waals surface area contributed by atoms with Gasteiger partial charge in [0.2, 0.25) is 11.8 Å². The highest BCUT2D eigenvalue weighted by Crippen LogP contribution is 2.35. The molecule has 40 heavy (non-hydrogen) atoms. The van der Waals surface area contributed by atoms with E-state index >= 15 is 0 Å². The van der Waals surface area contributed by atoms with E-state index in [0.29, 0.717) is 24.9 Å². The van der Waals surface area contributed by atoms with Crippen molar-refractivity contribution in [2.45, 2.75) is 71.8 Å². The van der Waals surface area contributed by atoms with Crippen LogP contribution in [-0.4, -0.2) is 60.4 Å². The molecule has 2 heterocycles. The first kappa shape index (κ1) is 32.8. The number of nitrogens with zero attached hydrogens (tertiary/aromatic N) is 2. The van der Waals surface area contributed by atoms with Gasteiger partial charge in [-0.1, -0.05) is 13.8 Å². The van der Waals surface area contributed by atoms with Gasteiger partial charge in [-0.15, -0.1) is 0 Å². The van der Waals surface area contributed by atoms with E-state index in [0.717, 1.165) is 18.2 Å². The monoisotopic (exact) mass is 571 g/mol. The molecular weight excluding hydrogens is 534 g/mol. The number of ether oxygens (including phenoxy) is 3. The lowest BCUT2D eigenvalue weighted by Crippen LogP contribution is -2.47. The van der Waals surface area contributed by atoms with Crippen molar-refractivity contribution in [1.29, 1.82) is 0 Å². The Bertz CT molecular complexity index is 1150. The molecule has 8 nitrogen and oxygen atoms in total. The molecule has 0 saturated carbocycles. The Labute approximate surface area is 232 Å². The maximum atomic E-state index is 14.5. The van der Waals surface area contributed by atoms with E-state index in [1.54, 1.807) is 20.8 Å². The molecular formula is C28H37F4N3O5. The summed E-state index contributed by atoms with van der Waals surface area (Å²) in [6.07, 6.45) is -4.19. The summed E-state index contributed by atoms with van der Waals surface area (Å²) in [6.45, 7) is 9.55. The van der Waals surface area contributed by atoms with E-state index in [1.165, 1.54) is 24.1 Å². The van der Waals surface area contributed by atoms with Crippen LogP contribution in [0, 0.1) is 5.82 Å². The average Bonchev–Trinajstić information content (AvgIpc) is 3.37. The fourth-order valence-electron chi connectivity index (χ4n) is 3.94. The van der Waals surface area contributed by atoms with E-state index < -0.39 is 41.3 Å². The summed E-state index contributed by atoms with van der Waals surface area (Å²) in [5.41, 5.74) is -1.13. The van der Waals surface area contributed by atoms with Gasteiger partial charge in [0, 0.05) is 25.8 Å². The predicted molar refractivity (Wildman–Crippen MR) is 141 cm³/mol. The summed E-state index contributed by atoms with van der Waals surface area (Å²) in [5, 5.41) is 2.71. The molecule has 1 saturated heterocycles. The van der Waals surface area contributed by atoms with Crippen molar-refractivity contribution in [3.63, 3.8) is 0 Å². The van der Waals surface area contributed by atoms with E-state index in [-0.39, 0.29) is 36.8 Å². The number of halogens is 4. The largest absolute Gasteiger partial charge is 0.475 e. The number of nitrogens with one attached hydrogen (secondary N) is 1. The minimum absolute atomic E-state index is 0.0639. The minimum Gasteiger partial charge on any atom is -0.475 e. The van der Waals surface area contributed by atoms with Crippen LogP contribution in [0.5, 0.6) is 5.88 Å². The summed E-state index contributed by atoms with van der Waals surface area (Å²) in [4.78, 5) is 30.3. The maximum Gasteiger partial charge on any atom is 0.433 e. The van der Waals surface area contributed by atoms with Crippen LogP contribution in [0.4, 0.5) is 22.4 Å². The van der Waals surface area contributed by atoms with Crippen LogP contribution >= 0.6 is 0 Å². The predicted octanol–water partition coefficient (Wildman–Crippen LogP) is 5.97. The van der Waals surface area contributed by atoms with E-state index in [9.17, 15) is 27.2 Å². The van der Waals surface area contributed by atoms with Crippen LogP contribution in [0.15, 0.2) is 30.3 Å². The van der Waals surface area contributed by atoms with Crippen molar-refractivity contribution in [2.75, 3.05) is 26.9 Å². The number of pyridine rings is 1. The Morgan fingerprint density at radius 3 is 2.42 bits per heavy atom. The Hall–Kier alpha value is -3.41. The van der Waals surface area contributed by atoms with Crippen molar-refractivity contribution >= 4 is 12.0 Å². The number of hydrogen-bond donors (Lipinski definition) is 1. The highest BCUT2D eigenvalue weighted by atomic mass is 19.4. The van der Waals surface area contributed by atoms with Crippen molar-refractivity contribution in [3.8, 4) is 17.0 Å². The second-order valence-electron chi connectivity index (χ2n) is 9.79. The standard InChI is InChI=1S/C26H31F4N3O5.C2H6/c1-25(2,3)38-24(35)33-9-5-6-20(33)22(34)31-15-16-12-17(14-18(27)13-16)19-7-8-21(26(28,29)30)32-23(19)37-11-10-36-4;1-2/h7-8,12-14,20H,5-6,9-11,15H2,1-4H3,(H,31,34);1-2H3. The molecule has 2 amide bonds. The molecule has 1 fully saturated rings. The first-order valence-electron chi connectivity index (χ1n) is 13.1. The third-order valence-corrected chi connectivity index (χ3v) is 5.60. The molecule has 1 N–H and O–H groups in total. The normalized spacial score (nSPS) is 15.2. The zero-order chi connectivity index (χ0) is 30.1. The number of hydrogen-bond acceptors (Lipinski definition) is 6. The minimum atomic E-state index is -4.69. The molecule has 2 aromatic rings. The maximum absolute atomic E-state index is 14.5. The van der Waals surface area contributed by atoms with Crippen molar-refractivity contribution in [2.24, 2.45) is 0 Å². The molecule has 1 aromatic heterocycles. The van der Waals surface area contributed by atoms with Gasteiger partial charge in [-0.25, -0.2) is 14.2 Å². The Morgan fingerprint density at radius 2 is 1.80 bits per heavy atom. The summed E-state index contributed by atoms with van der Waals surface area (Å²) in [7, 11) is 1.41. The molecule has 1 unspecified atom stereocenters. The fourth-order valence-corrected chi connectivity index (χ4v) is 3.94. The van der Waals surface area contributed by atoms with Crippen LogP contribution < -0.4 is 10.1 Å². The zero-order valence-electron chi connectivity index (χ0n) is 23.7. The third-order valence-electron chi connectivity index (χ3n) is 5.60. The second kappa shape index (κ2) is 14.3. The number of methoxy groups -OCH3 is 1. The smallest absolute Gasteiger partial charge is 0.433 e. The molecule has 1 atom stereocenters. The van der Waals surface area contributed by atoms with Crippen LogP contribution in [-0.2, 0) is 27.0 Å². The number of carbonyl (C=O) groups excluding carboxylic acids is 2. The SMILES string of the molecule is CC.COCCOc1nc(C(F)(F)F)ccc1-c1cc(F)cc(CNC(=O)C2CCCN2C(=O)OC(C)(C)C)c1. The van der Waals surface area contributed by atoms with Crippen LogP contribution in [0.25, 0.3) is 11.1 Å². The molecule has 0 spiro atoms. The fraction of sp³-hybridized carbons (Fsp3) is 0.536. The highest BCUT2D eigenvalue weighted by molar-refractivity contribution is 5.86. The quantitative estimate of drug-likeness (QED) is 0.310. The molecule has 0 bridgehead atoms. The molecule has 0 aliphatic carbocycles. The summed E-state index contributed by atoms with van der Waals surface area (Å²) < 4.78 is 69.8. The summed E-state index contributed by atoms with van der Waals surface area (Å²) in [5.74, 6) is -1.40. The van der Waals surface area contributed by atoms with Crippen molar-refractivity contribution in [1.82, 2.24) is 15.2 Å². The third kappa shape index (κ3) is 9.35.